The quantitative estimate of drug-likeness (QED) is 0.487. The largest absolute Gasteiger partial charge is 0.395 e. The Balaban J connectivity index is 3.01. The van der Waals surface area contributed by atoms with Gasteiger partial charge >= 0.3 is 0 Å². The first-order chi connectivity index (χ1) is 7.04. The van der Waals surface area contributed by atoms with Crippen molar-refractivity contribution in [3.05, 3.63) is 33.9 Å². The Bertz CT molecular complexity index is 368. The van der Waals surface area contributed by atoms with Crippen LogP contribution in [0.1, 0.15) is 12.5 Å². The van der Waals surface area contributed by atoms with Gasteiger partial charge in [-0.3, -0.25) is 10.1 Å². The monoisotopic (exact) mass is 227 g/mol. The first kappa shape index (κ1) is 12.0. The Labute approximate surface area is 92.5 Å². The third-order valence-electron chi connectivity index (χ3n) is 1.90. The van der Waals surface area contributed by atoms with Gasteiger partial charge in [0.15, 0.2) is 0 Å². The van der Waals surface area contributed by atoms with Crippen molar-refractivity contribution in [1.29, 1.82) is 0 Å². The predicted octanol–water partition coefficient (Wildman–Crippen LogP) is 2.38. The first-order valence-corrected chi connectivity index (χ1v) is 5.45. The molecule has 0 aromatic heterocycles. The highest BCUT2D eigenvalue weighted by atomic mass is 32.2. The minimum atomic E-state index is -0.389. The van der Waals surface area contributed by atoms with E-state index in [1.54, 1.807) is 12.1 Å². The number of hydrogen-bond donors (Lipinski definition) is 1. The van der Waals surface area contributed by atoms with Gasteiger partial charge in [-0.2, -0.15) is 0 Å². The second-order valence-electron chi connectivity index (χ2n) is 3.34. The van der Waals surface area contributed by atoms with E-state index in [9.17, 15) is 10.1 Å². The number of thioether (sulfide) groups is 1. The van der Waals surface area contributed by atoms with E-state index in [-0.39, 0.29) is 22.5 Å². The summed E-state index contributed by atoms with van der Waals surface area (Å²) in [4.78, 5) is 11.0. The summed E-state index contributed by atoms with van der Waals surface area (Å²) in [7, 11) is 0. The van der Waals surface area contributed by atoms with E-state index in [1.165, 1.54) is 11.8 Å². The molecule has 5 heteroatoms. The molecule has 4 nitrogen and oxygen atoms in total. The molecule has 0 radical (unpaired) electrons. The molecule has 0 aliphatic heterocycles. The van der Waals surface area contributed by atoms with Crippen molar-refractivity contribution >= 4 is 17.4 Å². The lowest BCUT2D eigenvalue weighted by Gasteiger charge is -2.08. The predicted molar refractivity (Wildman–Crippen MR) is 60.2 cm³/mol. The lowest BCUT2D eigenvalue weighted by molar-refractivity contribution is -0.387. The number of hydrogen-bond acceptors (Lipinski definition) is 4. The SMILES string of the molecule is Cc1ccc(SC(C)CO)c([N+](=O)[O-])c1. The number of aryl methyl sites for hydroxylation is 1. The fourth-order valence-corrected chi connectivity index (χ4v) is 2.03. The summed E-state index contributed by atoms with van der Waals surface area (Å²) in [6.07, 6.45) is 0. The van der Waals surface area contributed by atoms with E-state index in [2.05, 4.69) is 0 Å². The highest BCUT2D eigenvalue weighted by Crippen LogP contribution is 2.32. The number of rotatable bonds is 4. The summed E-state index contributed by atoms with van der Waals surface area (Å²) in [6.45, 7) is 3.65. The molecule has 1 N–H and O–H groups in total. The molecule has 1 aromatic rings. The Kier molecular flexibility index (Phi) is 4.11. The van der Waals surface area contributed by atoms with Crippen molar-refractivity contribution in [3.63, 3.8) is 0 Å². The van der Waals surface area contributed by atoms with Crippen LogP contribution in [0.4, 0.5) is 5.69 Å². The summed E-state index contributed by atoms with van der Waals surface area (Å²) in [5, 5.41) is 19.6. The van der Waals surface area contributed by atoms with Crippen LogP contribution in [0.3, 0.4) is 0 Å². The molecule has 1 rings (SSSR count). The average molecular weight is 227 g/mol. The van der Waals surface area contributed by atoms with Crippen LogP contribution in [-0.4, -0.2) is 21.9 Å². The number of nitro benzene ring substituents is 1. The Hall–Kier alpha value is -1.07. The van der Waals surface area contributed by atoms with Crippen LogP contribution >= 0.6 is 11.8 Å². The fourth-order valence-electron chi connectivity index (χ4n) is 1.12. The molecule has 0 aliphatic rings. The number of aliphatic hydroxyl groups is 1. The van der Waals surface area contributed by atoms with Gasteiger partial charge in [-0.25, -0.2) is 0 Å². The molecule has 1 atom stereocenters. The third kappa shape index (κ3) is 3.21. The zero-order valence-corrected chi connectivity index (χ0v) is 9.45. The summed E-state index contributed by atoms with van der Waals surface area (Å²) in [5.41, 5.74) is 0.975. The van der Waals surface area contributed by atoms with Crippen LogP contribution in [0.2, 0.25) is 0 Å². The van der Waals surface area contributed by atoms with Crippen LogP contribution in [0.15, 0.2) is 23.1 Å². The van der Waals surface area contributed by atoms with Crippen LogP contribution in [0, 0.1) is 17.0 Å². The Morgan fingerprint density at radius 2 is 2.27 bits per heavy atom. The van der Waals surface area contributed by atoms with E-state index >= 15 is 0 Å². The Morgan fingerprint density at radius 1 is 1.60 bits per heavy atom. The standard InChI is InChI=1S/C10H13NO3S/c1-7-3-4-10(15-8(2)6-12)9(5-7)11(13)14/h3-5,8,12H,6H2,1-2H3. The molecular formula is C10H13NO3S. The maximum Gasteiger partial charge on any atom is 0.283 e. The van der Waals surface area contributed by atoms with Crippen LogP contribution in [0.25, 0.3) is 0 Å². The molecule has 0 spiro atoms. The maximum absolute atomic E-state index is 10.8. The average Bonchev–Trinajstić information content (AvgIpc) is 2.20. The smallest absolute Gasteiger partial charge is 0.283 e. The number of nitrogens with zero attached hydrogens (tertiary/aromatic N) is 1. The van der Waals surface area contributed by atoms with Gasteiger partial charge < -0.3 is 5.11 Å². The van der Waals surface area contributed by atoms with Gasteiger partial charge in [-0.15, -0.1) is 11.8 Å². The van der Waals surface area contributed by atoms with E-state index in [4.69, 9.17) is 5.11 Å². The van der Waals surface area contributed by atoms with E-state index < -0.39 is 0 Å². The minimum Gasteiger partial charge on any atom is -0.395 e. The zero-order chi connectivity index (χ0) is 11.4. The Morgan fingerprint density at radius 3 is 2.80 bits per heavy atom. The molecule has 15 heavy (non-hydrogen) atoms. The lowest BCUT2D eigenvalue weighted by atomic mass is 10.2. The lowest BCUT2D eigenvalue weighted by Crippen LogP contribution is -2.02. The highest BCUT2D eigenvalue weighted by Gasteiger charge is 2.16. The summed E-state index contributed by atoms with van der Waals surface area (Å²) >= 11 is 1.32. The molecule has 0 saturated carbocycles. The summed E-state index contributed by atoms with van der Waals surface area (Å²) in [6, 6.07) is 5.11. The number of aliphatic hydroxyl groups excluding tert-OH is 1. The van der Waals surface area contributed by atoms with Crippen molar-refractivity contribution in [3.8, 4) is 0 Å². The van der Waals surface area contributed by atoms with Gasteiger partial charge in [-0.05, 0) is 18.6 Å². The molecule has 1 aromatic carbocycles. The van der Waals surface area contributed by atoms with Gasteiger partial charge in [-0.1, -0.05) is 13.0 Å². The molecular weight excluding hydrogens is 214 g/mol. The van der Waals surface area contributed by atoms with Crippen molar-refractivity contribution in [2.24, 2.45) is 0 Å². The van der Waals surface area contributed by atoms with Crippen LogP contribution in [-0.2, 0) is 0 Å². The molecule has 82 valence electrons. The fraction of sp³-hybridized carbons (Fsp3) is 0.400. The van der Waals surface area contributed by atoms with Gasteiger partial charge in [0.05, 0.1) is 16.4 Å². The highest BCUT2D eigenvalue weighted by molar-refractivity contribution is 8.00. The molecule has 0 aliphatic carbocycles. The normalized spacial score (nSPS) is 12.5. The first-order valence-electron chi connectivity index (χ1n) is 4.57. The molecule has 0 saturated heterocycles. The summed E-state index contributed by atoms with van der Waals surface area (Å²) in [5.74, 6) is 0. The molecule has 0 amide bonds. The van der Waals surface area contributed by atoms with E-state index in [0.717, 1.165) is 5.56 Å². The van der Waals surface area contributed by atoms with Gasteiger partial charge in [0.1, 0.15) is 0 Å². The number of benzene rings is 1. The van der Waals surface area contributed by atoms with Gasteiger partial charge in [0.25, 0.3) is 5.69 Å². The second-order valence-corrected chi connectivity index (χ2v) is 4.82. The van der Waals surface area contributed by atoms with E-state index in [0.29, 0.717) is 4.90 Å². The maximum atomic E-state index is 10.8. The van der Waals surface area contributed by atoms with Gasteiger partial charge in [0, 0.05) is 11.3 Å². The summed E-state index contributed by atoms with van der Waals surface area (Å²) < 4.78 is 0. The molecule has 0 bridgehead atoms. The van der Waals surface area contributed by atoms with Gasteiger partial charge in [0.2, 0.25) is 0 Å². The van der Waals surface area contributed by atoms with Crippen molar-refractivity contribution in [1.82, 2.24) is 0 Å². The molecule has 1 unspecified atom stereocenters. The van der Waals surface area contributed by atoms with Crippen LogP contribution in [0.5, 0.6) is 0 Å². The molecule has 0 heterocycles. The topological polar surface area (TPSA) is 63.4 Å². The molecule has 0 fully saturated rings. The van der Waals surface area contributed by atoms with Crippen LogP contribution < -0.4 is 0 Å². The zero-order valence-electron chi connectivity index (χ0n) is 8.64. The number of nitro groups is 1. The van der Waals surface area contributed by atoms with Crippen molar-refractivity contribution in [2.75, 3.05) is 6.61 Å². The van der Waals surface area contributed by atoms with Crippen molar-refractivity contribution in [2.45, 2.75) is 24.0 Å². The van der Waals surface area contributed by atoms with Crippen molar-refractivity contribution < 1.29 is 10.0 Å². The minimum absolute atomic E-state index is 0.00962. The third-order valence-corrected chi connectivity index (χ3v) is 3.05. The van der Waals surface area contributed by atoms with E-state index in [1.807, 2.05) is 19.9 Å². The second kappa shape index (κ2) is 5.14.